The first-order chi connectivity index (χ1) is 13.6. The number of methoxy groups -OCH3 is 1. The topological polar surface area (TPSA) is 59.9 Å². The second-order valence-corrected chi connectivity index (χ2v) is 6.83. The minimum Gasteiger partial charge on any atom is -0.497 e. The van der Waals surface area contributed by atoms with E-state index < -0.39 is 0 Å². The number of benzene rings is 3. The summed E-state index contributed by atoms with van der Waals surface area (Å²) in [5.41, 5.74) is 4.94. The summed E-state index contributed by atoms with van der Waals surface area (Å²) in [6.45, 7) is 0.463. The van der Waals surface area contributed by atoms with Crippen molar-refractivity contribution in [1.82, 2.24) is 5.43 Å². The van der Waals surface area contributed by atoms with Gasteiger partial charge in [-0.25, -0.2) is 5.43 Å². The summed E-state index contributed by atoms with van der Waals surface area (Å²) in [5.74, 6) is 1.18. The Bertz CT molecular complexity index is 937. The number of hydrogen-bond acceptors (Lipinski definition) is 4. The lowest BCUT2D eigenvalue weighted by molar-refractivity contribution is 0.0955. The van der Waals surface area contributed by atoms with Crippen molar-refractivity contribution in [2.75, 3.05) is 7.11 Å². The Morgan fingerprint density at radius 1 is 0.964 bits per heavy atom. The molecule has 0 saturated heterocycles. The summed E-state index contributed by atoms with van der Waals surface area (Å²) in [4.78, 5) is 12.2. The van der Waals surface area contributed by atoms with Crippen LogP contribution >= 0.6 is 15.9 Å². The Morgan fingerprint density at radius 2 is 1.61 bits per heavy atom. The van der Waals surface area contributed by atoms with Crippen molar-refractivity contribution in [1.29, 1.82) is 0 Å². The van der Waals surface area contributed by atoms with Crippen LogP contribution in [0.15, 0.2) is 82.4 Å². The van der Waals surface area contributed by atoms with Gasteiger partial charge in [0.15, 0.2) is 0 Å². The quantitative estimate of drug-likeness (QED) is 0.425. The van der Waals surface area contributed by atoms with Gasteiger partial charge in [0.05, 0.1) is 13.3 Å². The highest BCUT2D eigenvalue weighted by atomic mass is 79.9. The first-order valence-electron chi connectivity index (χ1n) is 8.59. The molecular weight excluding hydrogens is 420 g/mol. The van der Waals surface area contributed by atoms with E-state index >= 15 is 0 Å². The normalized spacial score (nSPS) is 10.6. The minimum atomic E-state index is -0.288. The summed E-state index contributed by atoms with van der Waals surface area (Å²) in [6.07, 6.45) is 1.58. The molecule has 142 valence electrons. The van der Waals surface area contributed by atoms with Gasteiger partial charge in [-0.3, -0.25) is 4.79 Å². The molecule has 1 N–H and O–H groups in total. The second kappa shape index (κ2) is 9.71. The molecule has 3 rings (SSSR count). The first kappa shape index (κ1) is 19.6. The smallest absolute Gasteiger partial charge is 0.271 e. The molecule has 0 aliphatic carbocycles. The number of hydrazone groups is 1. The molecule has 28 heavy (non-hydrogen) atoms. The van der Waals surface area contributed by atoms with Crippen LogP contribution in [0.25, 0.3) is 0 Å². The molecule has 0 aliphatic rings. The number of nitrogens with zero attached hydrogens (tertiary/aromatic N) is 1. The van der Waals surface area contributed by atoms with Crippen LogP contribution in [0.3, 0.4) is 0 Å². The van der Waals surface area contributed by atoms with Crippen molar-refractivity contribution in [2.45, 2.75) is 6.61 Å². The lowest BCUT2D eigenvalue weighted by Crippen LogP contribution is -2.17. The number of rotatable bonds is 7. The van der Waals surface area contributed by atoms with Gasteiger partial charge in [-0.05, 0) is 71.8 Å². The van der Waals surface area contributed by atoms with Crippen molar-refractivity contribution in [3.63, 3.8) is 0 Å². The van der Waals surface area contributed by atoms with Crippen LogP contribution in [0.1, 0.15) is 21.5 Å². The maximum atomic E-state index is 12.2. The predicted molar refractivity (Wildman–Crippen MR) is 113 cm³/mol. The zero-order chi connectivity index (χ0) is 19.8. The number of carbonyl (C=O) groups excluding carboxylic acids is 1. The molecule has 0 aliphatic heterocycles. The highest BCUT2D eigenvalue weighted by Gasteiger charge is 2.04. The fraction of sp³-hybridized carbons (Fsp3) is 0.0909. The molecule has 0 saturated carbocycles. The van der Waals surface area contributed by atoms with Crippen molar-refractivity contribution < 1.29 is 14.3 Å². The molecule has 1 amide bonds. The second-order valence-electron chi connectivity index (χ2n) is 5.91. The Hall–Kier alpha value is -3.12. The fourth-order valence-corrected chi connectivity index (χ4v) is 2.63. The van der Waals surface area contributed by atoms with E-state index in [4.69, 9.17) is 9.47 Å². The molecule has 0 unspecified atom stereocenters. The molecule has 6 heteroatoms. The van der Waals surface area contributed by atoms with Crippen molar-refractivity contribution in [3.8, 4) is 11.5 Å². The van der Waals surface area contributed by atoms with Crippen molar-refractivity contribution in [3.05, 3.63) is 94.0 Å². The Kier molecular flexibility index (Phi) is 6.81. The fourth-order valence-electron chi connectivity index (χ4n) is 2.37. The molecule has 0 heterocycles. The maximum absolute atomic E-state index is 12.2. The minimum absolute atomic E-state index is 0.288. The van der Waals surface area contributed by atoms with Gasteiger partial charge in [0, 0.05) is 10.0 Å². The van der Waals surface area contributed by atoms with Gasteiger partial charge < -0.3 is 9.47 Å². The van der Waals surface area contributed by atoms with Gasteiger partial charge in [-0.2, -0.15) is 5.10 Å². The Morgan fingerprint density at radius 3 is 2.25 bits per heavy atom. The lowest BCUT2D eigenvalue weighted by Gasteiger charge is -2.07. The van der Waals surface area contributed by atoms with Crippen LogP contribution in [-0.2, 0) is 6.61 Å². The zero-order valence-electron chi connectivity index (χ0n) is 15.3. The van der Waals surface area contributed by atoms with E-state index in [1.807, 2.05) is 48.5 Å². The lowest BCUT2D eigenvalue weighted by atomic mass is 10.2. The third-order valence-electron chi connectivity index (χ3n) is 3.93. The van der Waals surface area contributed by atoms with E-state index in [0.717, 1.165) is 21.3 Å². The van der Waals surface area contributed by atoms with Crippen LogP contribution in [-0.4, -0.2) is 19.2 Å². The average molecular weight is 439 g/mol. The standard InChI is InChI=1S/C22H19BrN2O3/c1-27-20-10-4-16(5-11-20)14-24-25-22(26)18-6-12-21(13-7-18)28-15-17-2-8-19(23)9-3-17/h2-14H,15H2,1H3,(H,25,26). The number of carbonyl (C=O) groups is 1. The summed E-state index contributed by atoms with van der Waals surface area (Å²) in [5, 5.41) is 3.98. The monoisotopic (exact) mass is 438 g/mol. The van der Waals surface area contributed by atoms with Gasteiger partial charge in [0.2, 0.25) is 0 Å². The van der Waals surface area contributed by atoms with Crippen LogP contribution in [0, 0.1) is 0 Å². The zero-order valence-corrected chi connectivity index (χ0v) is 16.8. The van der Waals surface area contributed by atoms with E-state index in [9.17, 15) is 4.79 Å². The average Bonchev–Trinajstić information content (AvgIpc) is 2.74. The number of halogens is 1. The van der Waals surface area contributed by atoms with Gasteiger partial charge in [-0.15, -0.1) is 0 Å². The van der Waals surface area contributed by atoms with Crippen LogP contribution in [0.4, 0.5) is 0 Å². The highest BCUT2D eigenvalue weighted by molar-refractivity contribution is 9.10. The number of hydrogen-bond donors (Lipinski definition) is 1. The highest BCUT2D eigenvalue weighted by Crippen LogP contribution is 2.16. The number of amides is 1. The third-order valence-corrected chi connectivity index (χ3v) is 4.46. The van der Waals surface area contributed by atoms with E-state index in [2.05, 4.69) is 26.5 Å². The van der Waals surface area contributed by atoms with Gasteiger partial charge in [0.25, 0.3) is 5.91 Å². The van der Waals surface area contributed by atoms with Crippen molar-refractivity contribution >= 4 is 28.1 Å². The largest absolute Gasteiger partial charge is 0.497 e. The van der Waals surface area contributed by atoms with Gasteiger partial charge >= 0.3 is 0 Å². The Labute approximate surface area is 172 Å². The summed E-state index contributed by atoms with van der Waals surface area (Å²) in [6, 6.07) is 22.2. The van der Waals surface area contributed by atoms with Crippen molar-refractivity contribution in [2.24, 2.45) is 5.10 Å². The van der Waals surface area contributed by atoms with Crippen LogP contribution < -0.4 is 14.9 Å². The number of ether oxygens (including phenoxy) is 2. The third kappa shape index (κ3) is 5.69. The number of nitrogens with one attached hydrogen (secondary N) is 1. The van der Waals surface area contributed by atoms with E-state index in [1.54, 1.807) is 37.6 Å². The molecule has 0 aromatic heterocycles. The van der Waals surface area contributed by atoms with Crippen LogP contribution in [0.5, 0.6) is 11.5 Å². The molecular formula is C22H19BrN2O3. The Balaban J connectivity index is 1.51. The molecule has 0 atom stereocenters. The molecule has 3 aromatic carbocycles. The molecule has 0 bridgehead atoms. The molecule has 5 nitrogen and oxygen atoms in total. The molecule has 0 spiro atoms. The summed E-state index contributed by atoms with van der Waals surface area (Å²) < 4.78 is 11.9. The first-order valence-corrected chi connectivity index (χ1v) is 9.38. The molecule has 0 fully saturated rings. The van der Waals surface area contributed by atoms with Crippen LogP contribution in [0.2, 0.25) is 0 Å². The summed E-state index contributed by atoms with van der Waals surface area (Å²) in [7, 11) is 1.61. The molecule has 0 radical (unpaired) electrons. The van der Waals surface area contributed by atoms with Gasteiger partial charge in [0.1, 0.15) is 18.1 Å². The van der Waals surface area contributed by atoms with E-state index in [-0.39, 0.29) is 5.91 Å². The summed E-state index contributed by atoms with van der Waals surface area (Å²) >= 11 is 3.41. The predicted octanol–water partition coefficient (Wildman–Crippen LogP) is 4.80. The van der Waals surface area contributed by atoms with E-state index in [0.29, 0.717) is 17.9 Å². The molecule has 3 aromatic rings. The SMILES string of the molecule is COc1ccc(C=NNC(=O)c2ccc(OCc3ccc(Br)cc3)cc2)cc1. The van der Waals surface area contributed by atoms with E-state index in [1.165, 1.54) is 0 Å². The van der Waals surface area contributed by atoms with Gasteiger partial charge in [-0.1, -0.05) is 28.1 Å². The maximum Gasteiger partial charge on any atom is 0.271 e.